The zero-order chi connectivity index (χ0) is 9.41. The standard InChI is InChI=1S/C4H8O6S2/c1-11(5,6)3-4-2-9-12(7,8)10-4/h4H,2-3H2,1H3. The first-order valence-corrected chi connectivity index (χ1v) is 6.43. The van der Waals surface area contributed by atoms with Crippen LogP contribution in [0.1, 0.15) is 0 Å². The van der Waals surface area contributed by atoms with Crippen molar-refractivity contribution in [2.45, 2.75) is 6.10 Å². The van der Waals surface area contributed by atoms with Gasteiger partial charge in [-0.2, -0.15) is 8.42 Å². The molecule has 8 heteroatoms. The lowest BCUT2D eigenvalue weighted by atomic mass is 10.4. The highest BCUT2D eigenvalue weighted by Crippen LogP contribution is 2.13. The third kappa shape index (κ3) is 3.05. The largest absolute Gasteiger partial charge is 0.400 e. The maximum atomic E-state index is 10.7. The van der Waals surface area contributed by atoms with E-state index in [0.29, 0.717) is 0 Å². The molecule has 0 bridgehead atoms. The Morgan fingerprint density at radius 2 is 2.08 bits per heavy atom. The van der Waals surface area contributed by atoms with Gasteiger partial charge in [0.25, 0.3) is 0 Å². The van der Waals surface area contributed by atoms with E-state index in [-0.39, 0.29) is 12.4 Å². The molecule has 1 aliphatic rings. The molecule has 0 radical (unpaired) electrons. The second-order valence-electron chi connectivity index (χ2n) is 2.50. The van der Waals surface area contributed by atoms with Gasteiger partial charge < -0.3 is 0 Å². The fraction of sp³-hybridized carbons (Fsp3) is 1.00. The summed E-state index contributed by atoms with van der Waals surface area (Å²) in [5.41, 5.74) is 0. The predicted molar refractivity (Wildman–Crippen MR) is 39.5 cm³/mol. The minimum Gasteiger partial charge on any atom is -0.245 e. The van der Waals surface area contributed by atoms with E-state index in [1.165, 1.54) is 0 Å². The minimum absolute atomic E-state index is 0.227. The van der Waals surface area contributed by atoms with Gasteiger partial charge in [-0.25, -0.2) is 16.8 Å². The first kappa shape index (κ1) is 9.90. The molecule has 0 spiro atoms. The van der Waals surface area contributed by atoms with Crippen molar-refractivity contribution in [1.82, 2.24) is 0 Å². The van der Waals surface area contributed by atoms with Crippen molar-refractivity contribution in [1.29, 1.82) is 0 Å². The van der Waals surface area contributed by atoms with E-state index in [9.17, 15) is 16.8 Å². The predicted octanol–water partition coefficient (Wildman–Crippen LogP) is -1.31. The van der Waals surface area contributed by atoms with Crippen LogP contribution in [0, 0.1) is 0 Å². The van der Waals surface area contributed by atoms with E-state index in [1.54, 1.807) is 0 Å². The van der Waals surface area contributed by atoms with E-state index >= 15 is 0 Å². The van der Waals surface area contributed by atoms with Crippen LogP contribution < -0.4 is 0 Å². The summed E-state index contributed by atoms with van der Waals surface area (Å²) in [6, 6.07) is 0. The van der Waals surface area contributed by atoms with Gasteiger partial charge in [0, 0.05) is 6.26 Å². The summed E-state index contributed by atoms with van der Waals surface area (Å²) >= 11 is 0. The second-order valence-corrected chi connectivity index (χ2v) is 5.93. The van der Waals surface area contributed by atoms with E-state index < -0.39 is 26.3 Å². The summed E-state index contributed by atoms with van der Waals surface area (Å²) < 4.78 is 50.8. The van der Waals surface area contributed by atoms with Crippen molar-refractivity contribution in [2.24, 2.45) is 0 Å². The van der Waals surface area contributed by atoms with Gasteiger partial charge in [-0.3, -0.25) is 0 Å². The molecule has 1 saturated heterocycles. The van der Waals surface area contributed by atoms with Crippen LogP contribution in [0.3, 0.4) is 0 Å². The molecule has 0 aromatic carbocycles. The van der Waals surface area contributed by atoms with Crippen molar-refractivity contribution >= 4 is 20.2 Å². The fourth-order valence-electron chi connectivity index (χ4n) is 0.795. The van der Waals surface area contributed by atoms with E-state index in [4.69, 9.17) is 0 Å². The summed E-state index contributed by atoms with van der Waals surface area (Å²) in [6.07, 6.45) is 0.103. The van der Waals surface area contributed by atoms with Gasteiger partial charge in [-0.15, -0.1) is 0 Å². The highest BCUT2D eigenvalue weighted by atomic mass is 32.3. The molecule has 6 nitrogen and oxygen atoms in total. The summed E-state index contributed by atoms with van der Waals surface area (Å²) in [4.78, 5) is 0. The zero-order valence-corrected chi connectivity index (χ0v) is 7.89. The van der Waals surface area contributed by atoms with Gasteiger partial charge in [-0.05, 0) is 0 Å². The van der Waals surface area contributed by atoms with Gasteiger partial charge in [0.2, 0.25) is 0 Å². The number of sulfone groups is 1. The molecule has 72 valence electrons. The topological polar surface area (TPSA) is 86.7 Å². The monoisotopic (exact) mass is 216 g/mol. The first-order chi connectivity index (χ1) is 5.29. The van der Waals surface area contributed by atoms with Crippen LogP contribution >= 0.6 is 0 Å². The maximum Gasteiger partial charge on any atom is 0.400 e. The van der Waals surface area contributed by atoms with Crippen molar-refractivity contribution in [3.05, 3.63) is 0 Å². The van der Waals surface area contributed by atoms with Gasteiger partial charge in [0.1, 0.15) is 15.9 Å². The van der Waals surface area contributed by atoms with Gasteiger partial charge >= 0.3 is 10.4 Å². The summed E-state index contributed by atoms with van der Waals surface area (Å²) in [7, 11) is -7.16. The lowest BCUT2D eigenvalue weighted by Crippen LogP contribution is -2.21. The molecule has 0 aromatic heterocycles. The molecule has 1 fully saturated rings. The highest BCUT2D eigenvalue weighted by Gasteiger charge is 2.32. The average molecular weight is 216 g/mol. The Kier molecular flexibility index (Phi) is 2.43. The second kappa shape index (κ2) is 2.95. The molecular weight excluding hydrogens is 208 g/mol. The van der Waals surface area contributed by atoms with Gasteiger partial charge in [-0.1, -0.05) is 0 Å². The van der Waals surface area contributed by atoms with Crippen LogP contribution in [0.25, 0.3) is 0 Å². The van der Waals surface area contributed by atoms with Crippen molar-refractivity contribution in [3.8, 4) is 0 Å². The van der Waals surface area contributed by atoms with Gasteiger partial charge in [0.05, 0.1) is 12.4 Å². The summed E-state index contributed by atoms with van der Waals surface area (Å²) in [6.45, 7) is -0.227. The summed E-state index contributed by atoms with van der Waals surface area (Å²) in [5.74, 6) is -0.341. The smallest absolute Gasteiger partial charge is 0.245 e. The molecule has 0 saturated carbocycles. The molecule has 1 atom stereocenters. The van der Waals surface area contributed by atoms with Crippen molar-refractivity contribution in [2.75, 3.05) is 18.6 Å². The first-order valence-electron chi connectivity index (χ1n) is 3.04. The fourth-order valence-corrected chi connectivity index (χ4v) is 2.55. The van der Waals surface area contributed by atoms with E-state index in [1.807, 2.05) is 0 Å². The molecule has 0 amide bonds. The quantitative estimate of drug-likeness (QED) is 0.569. The third-order valence-corrected chi connectivity index (χ3v) is 3.05. The SMILES string of the molecule is CS(=O)(=O)CC1COS(=O)(=O)O1. The molecule has 1 rings (SSSR count). The van der Waals surface area contributed by atoms with Crippen LogP contribution in [0.15, 0.2) is 0 Å². The number of hydrogen-bond acceptors (Lipinski definition) is 6. The normalized spacial score (nSPS) is 28.9. The average Bonchev–Trinajstić information content (AvgIpc) is 2.05. The molecule has 1 unspecified atom stereocenters. The van der Waals surface area contributed by atoms with Crippen LogP contribution in [0.4, 0.5) is 0 Å². The van der Waals surface area contributed by atoms with E-state index in [0.717, 1.165) is 6.26 Å². The molecular formula is C4H8O6S2. The third-order valence-electron chi connectivity index (χ3n) is 1.14. The molecule has 12 heavy (non-hydrogen) atoms. The minimum atomic E-state index is -3.93. The van der Waals surface area contributed by atoms with Gasteiger partial charge in [0.15, 0.2) is 0 Å². The molecule has 0 aromatic rings. The van der Waals surface area contributed by atoms with Crippen LogP contribution in [-0.2, 0) is 28.6 Å². The number of rotatable bonds is 2. The van der Waals surface area contributed by atoms with Crippen LogP contribution in [0.5, 0.6) is 0 Å². The summed E-state index contributed by atoms with van der Waals surface area (Å²) in [5, 5.41) is 0. The Morgan fingerprint density at radius 3 is 2.42 bits per heavy atom. The maximum absolute atomic E-state index is 10.7. The zero-order valence-electron chi connectivity index (χ0n) is 6.26. The Hall–Kier alpha value is -0.180. The molecule has 1 heterocycles. The van der Waals surface area contributed by atoms with Crippen LogP contribution in [-0.4, -0.2) is 41.6 Å². The number of hydrogen-bond donors (Lipinski definition) is 0. The molecule has 1 aliphatic heterocycles. The Balaban J connectivity index is 2.61. The van der Waals surface area contributed by atoms with Crippen LogP contribution in [0.2, 0.25) is 0 Å². The Labute approximate surface area is 70.7 Å². The molecule has 0 N–H and O–H groups in total. The van der Waals surface area contributed by atoms with Crippen molar-refractivity contribution < 1.29 is 25.2 Å². The Morgan fingerprint density at radius 1 is 1.50 bits per heavy atom. The lowest BCUT2D eigenvalue weighted by molar-refractivity contribution is 0.260. The Bertz CT molecular complexity index is 351. The lowest BCUT2D eigenvalue weighted by Gasteiger charge is -2.01. The van der Waals surface area contributed by atoms with Crippen molar-refractivity contribution in [3.63, 3.8) is 0 Å². The highest BCUT2D eigenvalue weighted by molar-refractivity contribution is 7.90. The molecule has 0 aliphatic carbocycles. The van der Waals surface area contributed by atoms with E-state index in [2.05, 4.69) is 8.37 Å².